The zero-order valence-electron chi connectivity index (χ0n) is 10.7. The van der Waals surface area contributed by atoms with E-state index in [1.54, 1.807) is 6.20 Å². The Bertz CT molecular complexity index is 590. The van der Waals surface area contributed by atoms with E-state index in [9.17, 15) is 0 Å². The molecule has 0 fully saturated rings. The molecule has 19 heavy (non-hydrogen) atoms. The highest BCUT2D eigenvalue weighted by Crippen LogP contribution is 2.27. The molecule has 0 amide bonds. The van der Waals surface area contributed by atoms with Gasteiger partial charge in [-0.05, 0) is 43.3 Å². The maximum atomic E-state index is 6.06. The summed E-state index contributed by atoms with van der Waals surface area (Å²) in [6.45, 7) is 2.69. The fraction of sp³-hybridized carbons (Fsp3) is 0.214. The van der Waals surface area contributed by atoms with Gasteiger partial charge < -0.3 is 10.1 Å². The van der Waals surface area contributed by atoms with Gasteiger partial charge in [-0.15, -0.1) is 0 Å². The monoisotopic (exact) mass is 340 g/mol. The number of ether oxygens (including phenoxy) is 1. The number of aryl methyl sites for hydroxylation is 1. The van der Waals surface area contributed by atoms with Crippen LogP contribution < -0.4 is 10.1 Å². The normalized spacial score (nSPS) is 10.5. The standard InChI is InChI=1S/C14H14BrClN2O/c1-9-5-11(3-4-12(9)15)19-14-6-10(7-17-2)13(16)8-18-14/h3-6,8,17H,7H2,1-2H3. The van der Waals surface area contributed by atoms with Gasteiger partial charge >= 0.3 is 0 Å². The van der Waals surface area contributed by atoms with E-state index >= 15 is 0 Å². The van der Waals surface area contributed by atoms with Crippen molar-refractivity contribution in [1.82, 2.24) is 10.3 Å². The largest absolute Gasteiger partial charge is 0.439 e. The van der Waals surface area contributed by atoms with Crippen molar-refractivity contribution in [2.24, 2.45) is 0 Å². The van der Waals surface area contributed by atoms with E-state index < -0.39 is 0 Å². The second-order valence-electron chi connectivity index (χ2n) is 4.16. The zero-order valence-corrected chi connectivity index (χ0v) is 13.0. The lowest BCUT2D eigenvalue weighted by atomic mass is 10.2. The predicted molar refractivity (Wildman–Crippen MR) is 81.0 cm³/mol. The molecule has 2 rings (SSSR count). The average molecular weight is 342 g/mol. The Balaban J connectivity index is 2.22. The number of hydrogen-bond acceptors (Lipinski definition) is 3. The van der Waals surface area contributed by atoms with Crippen LogP contribution in [0.3, 0.4) is 0 Å². The summed E-state index contributed by atoms with van der Waals surface area (Å²) in [5.41, 5.74) is 2.07. The number of halogens is 2. The second kappa shape index (κ2) is 6.37. The second-order valence-corrected chi connectivity index (χ2v) is 5.42. The lowest BCUT2D eigenvalue weighted by Gasteiger charge is -2.09. The third-order valence-electron chi connectivity index (χ3n) is 2.63. The Hall–Kier alpha value is -1.10. The molecule has 100 valence electrons. The molecule has 2 aromatic rings. The highest BCUT2D eigenvalue weighted by Gasteiger charge is 2.05. The summed E-state index contributed by atoms with van der Waals surface area (Å²) in [6.07, 6.45) is 1.61. The molecule has 0 radical (unpaired) electrons. The number of pyridine rings is 1. The third kappa shape index (κ3) is 3.69. The Morgan fingerprint density at radius 2 is 2.16 bits per heavy atom. The number of nitrogens with one attached hydrogen (secondary N) is 1. The molecular weight excluding hydrogens is 328 g/mol. The first-order valence-electron chi connectivity index (χ1n) is 5.83. The van der Waals surface area contributed by atoms with Crippen molar-refractivity contribution in [2.75, 3.05) is 7.05 Å². The van der Waals surface area contributed by atoms with Gasteiger partial charge in [0.1, 0.15) is 5.75 Å². The van der Waals surface area contributed by atoms with E-state index in [0.717, 1.165) is 21.3 Å². The molecule has 0 unspecified atom stereocenters. The maximum Gasteiger partial charge on any atom is 0.219 e. The quantitative estimate of drug-likeness (QED) is 0.899. The zero-order chi connectivity index (χ0) is 13.8. The average Bonchev–Trinajstić information content (AvgIpc) is 2.38. The van der Waals surface area contributed by atoms with E-state index in [0.29, 0.717) is 17.4 Å². The highest BCUT2D eigenvalue weighted by atomic mass is 79.9. The molecule has 0 saturated carbocycles. The molecule has 0 aliphatic heterocycles. The summed E-state index contributed by atoms with van der Waals surface area (Å²) in [7, 11) is 1.87. The van der Waals surface area contributed by atoms with Crippen LogP contribution in [0.2, 0.25) is 5.02 Å². The summed E-state index contributed by atoms with van der Waals surface area (Å²) < 4.78 is 6.79. The lowest BCUT2D eigenvalue weighted by molar-refractivity contribution is 0.461. The first-order valence-corrected chi connectivity index (χ1v) is 7.00. The molecule has 3 nitrogen and oxygen atoms in total. The topological polar surface area (TPSA) is 34.1 Å². The fourth-order valence-corrected chi connectivity index (χ4v) is 2.06. The molecular formula is C14H14BrClN2O. The minimum Gasteiger partial charge on any atom is -0.439 e. The molecule has 1 heterocycles. The van der Waals surface area contributed by atoms with Crippen molar-refractivity contribution in [3.8, 4) is 11.6 Å². The molecule has 0 aliphatic rings. The fourth-order valence-electron chi connectivity index (χ4n) is 1.64. The van der Waals surface area contributed by atoms with Gasteiger partial charge in [-0.3, -0.25) is 0 Å². The van der Waals surface area contributed by atoms with Gasteiger partial charge in [0, 0.05) is 23.3 Å². The van der Waals surface area contributed by atoms with Gasteiger partial charge in [0.25, 0.3) is 0 Å². The van der Waals surface area contributed by atoms with Crippen molar-refractivity contribution >= 4 is 27.5 Å². The van der Waals surface area contributed by atoms with E-state index in [4.69, 9.17) is 16.3 Å². The van der Waals surface area contributed by atoms with Crippen LogP contribution in [0.1, 0.15) is 11.1 Å². The molecule has 0 saturated heterocycles. The Kier molecular flexibility index (Phi) is 4.80. The first kappa shape index (κ1) is 14.3. The summed E-state index contributed by atoms with van der Waals surface area (Å²) in [5, 5.41) is 3.69. The van der Waals surface area contributed by atoms with Crippen LogP contribution >= 0.6 is 27.5 Å². The SMILES string of the molecule is CNCc1cc(Oc2ccc(Br)c(C)c2)ncc1Cl. The number of nitrogens with zero attached hydrogens (tertiary/aromatic N) is 1. The van der Waals surface area contributed by atoms with Crippen LogP contribution in [-0.2, 0) is 6.54 Å². The van der Waals surface area contributed by atoms with Gasteiger partial charge in [-0.1, -0.05) is 27.5 Å². The van der Waals surface area contributed by atoms with Crippen molar-refractivity contribution in [1.29, 1.82) is 0 Å². The Morgan fingerprint density at radius 3 is 2.84 bits per heavy atom. The summed E-state index contributed by atoms with van der Waals surface area (Å²) in [5.74, 6) is 1.29. The molecule has 0 aliphatic carbocycles. The van der Waals surface area contributed by atoms with Crippen molar-refractivity contribution in [3.05, 3.63) is 51.1 Å². The van der Waals surface area contributed by atoms with Crippen LogP contribution in [0.15, 0.2) is 34.9 Å². The van der Waals surface area contributed by atoms with Crippen LogP contribution in [0, 0.1) is 6.92 Å². The molecule has 1 aromatic carbocycles. The Labute approximate surface area is 126 Å². The summed E-state index contributed by atoms with van der Waals surface area (Å²) in [6, 6.07) is 7.65. The molecule has 5 heteroatoms. The number of rotatable bonds is 4. The van der Waals surface area contributed by atoms with Crippen molar-refractivity contribution in [2.45, 2.75) is 13.5 Å². The van der Waals surface area contributed by atoms with Gasteiger partial charge in [0.2, 0.25) is 5.88 Å². The van der Waals surface area contributed by atoms with E-state index in [-0.39, 0.29) is 0 Å². The number of hydrogen-bond donors (Lipinski definition) is 1. The van der Waals surface area contributed by atoms with Crippen LogP contribution in [-0.4, -0.2) is 12.0 Å². The first-order chi connectivity index (χ1) is 9.10. The summed E-state index contributed by atoms with van der Waals surface area (Å²) in [4.78, 5) is 4.17. The smallest absolute Gasteiger partial charge is 0.219 e. The van der Waals surface area contributed by atoms with Crippen molar-refractivity contribution in [3.63, 3.8) is 0 Å². The highest BCUT2D eigenvalue weighted by molar-refractivity contribution is 9.10. The Morgan fingerprint density at radius 1 is 1.37 bits per heavy atom. The molecule has 1 N–H and O–H groups in total. The van der Waals surface area contributed by atoms with E-state index in [1.807, 2.05) is 38.2 Å². The van der Waals surface area contributed by atoms with Crippen LogP contribution in [0.25, 0.3) is 0 Å². The summed E-state index contributed by atoms with van der Waals surface area (Å²) >= 11 is 9.52. The van der Waals surface area contributed by atoms with Crippen molar-refractivity contribution < 1.29 is 4.74 Å². The van der Waals surface area contributed by atoms with Gasteiger partial charge in [-0.2, -0.15) is 0 Å². The molecule has 0 bridgehead atoms. The lowest BCUT2D eigenvalue weighted by Crippen LogP contribution is -2.06. The predicted octanol–water partition coefficient (Wildman–Crippen LogP) is 4.32. The minimum absolute atomic E-state index is 0.538. The van der Waals surface area contributed by atoms with E-state index in [2.05, 4.69) is 26.2 Å². The van der Waals surface area contributed by atoms with E-state index in [1.165, 1.54) is 0 Å². The third-order valence-corrected chi connectivity index (χ3v) is 3.86. The molecule has 0 atom stereocenters. The maximum absolute atomic E-state index is 6.06. The number of aromatic nitrogens is 1. The molecule has 1 aromatic heterocycles. The minimum atomic E-state index is 0.538. The van der Waals surface area contributed by atoms with Crippen LogP contribution in [0.4, 0.5) is 0 Å². The van der Waals surface area contributed by atoms with Crippen LogP contribution in [0.5, 0.6) is 11.6 Å². The van der Waals surface area contributed by atoms with Gasteiger partial charge in [-0.25, -0.2) is 4.98 Å². The van der Waals surface area contributed by atoms with Gasteiger partial charge in [0.15, 0.2) is 0 Å². The van der Waals surface area contributed by atoms with Gasteiger partial charge in [0.05, 0.1) is 5.02 Å². The molecule has 0 spiro atoms. The number of benzene rings is 1.